The van der Waals surface area contributed by atoms with Crippen LogP contribution in [0.2, 0.25) is 0 Å². The fourth-order valence-electron chi connectivity index (χ4n) is 6.33. The molecule has 0 bridgehead atoms. The minimum atomic E-state index is -0.700. The third-order valence-electron chi connectivity index (χ3n) is 8.33. The molecule has 2 heterocycles. The average molecular weight is 519 g/mol. The second-order valence-corrected chi connectivity index (χ2v) is 10.7. The number of nitrogens with one attached hydrogen (secondary N) is 3. The molecule has 4 aromatic rings. The predicted octanol–water partition coefficient (Wildman–Crippen LogP) is 4.57. The molecule has 1 atom stereocenters. The lowest BCUT2D eigenvalue weighted by Gasteiger charge is -2.37. The molecule has 2 aliphatic rings. The Hall–Kier alpha value is -4.16. The average Bonchev–Trinajstić information content (AvgIpc) is 3.52. The monoisotopic (exact) mass is 518 g/mol. The van der Waals surface area contributed by atoms with Crippen LogP contribution in [0, 0.1) is 0 Å². The van der Waals surface area contributed by atoms with Crippen LogP contribution in [0.5, 0.6) is 0 Å². The van der Waals surface area contributed by atoms with Crippen molar-refractivity contribution in [2.24, 2.45) is 0 Å². The van der Waals surface area contributed by atoms with Crippen molar-refractivity contribution in [3.05, 3.63) is 113 Å². The van der Waals surface area contributed by atoms with Gasteiger partial charge >= 0.3 is 0 Å². The van der Waals surface area contributed by atoms with Gasteiger partial charge in [-0.15, -0.1) is 0 Å². The highest BCUT2D eigenvalue weighted by Crippen LogP contribution is 2.47. The standard InChI is InChI=1S/C33H34N4O2/c1-37(22-23-9-3-2-4-10-23)32(39)30(20-25-21-35-29-14-8-6-12-26(25)29)36-31(38)28-19-24-11-5-7-13-27(24)33(28)15-17-34-18-16-33/h2-14,19,21,30,34-35H,15-18,20,22H2,1H3,(H,36,38)/t30-/m0/s1. The minimum Gasteiger partial charge on any atom is -0.361 e. The van der Waals surface area contributed by atoms with Crippen LogP contribution in [0.1, 0.15) is 35.1 Å². The quantitative estimate of drug-likeness (QED) is 0.335. The van der Waals surface area contributed by atoms with Crippen LogP contribution in [0.25, 0.3) is 17.0 Å². The molecule has 1 spiro atoms. The van der Waals surface area contributed by atoms with E-state index in [9.17, 15) is 9.59 Å². The van der Waals surface area contributed by atoms with E-state index in [1.807, 2.05) is 73.9 Å². The number of aromatic nitrogens is 1. The van der Waals surface area contributed by atoms with E-state index in [0.29, 0.717) is 13.0 Å². The number of nitrogens with zero attached hydrogens (tertiary/aromatic N) is 1. The van der Waals surface area contributed by atoms with Gasteiger partial charge in [0, 0.05) is 48.1 Å². The van der Waals surface area contributed by atoms with E-state index in [1.165, 1.54) is 5.56 Å². The Morgan fingerprint density at radius 3 is 2.49 bits per heavy atom. The lowest BCUT2D eigenvalue weighted by atomic mass is 9.70. The molecular weight excluding hydrogens is 484 g/mol. The normalized spacial score (nSPS) is 16.5. The Morgan fingerprint density at radius 1 is 0.949 bits per heavy atom. The predicted molar refractivity (Wildman–Crippen MR) is 155 cm³/mol. The molecule has 3 N–H and O–H groups in total. The van der Waals surface area contributed by atoms with Gasteiger partial charge in [0.05, 0.1) is 0 Å². The summed E-state index contributed by atoms with van der Waals surface area (Å²) >= 11 is 0. The Balaban J connectivity index is 1.31. The van der Waals surface area contributed by atoms with E-state index in [-0.39, 0.29) is 17.2 Å². The van der Waals surface area contributed by atoms with Crippen LogP contribution < -0.4 is 10.6 Å². The molecule has 3 aromatic carbocycles. The molecule has 6 nitrogen and oxygen atoms in total. The number of aromatic amines is 1. The third-order valence-corrected chi connectivity index (χ3v) is 8.33. The highest BCUT2D eigenvalue weighted by Gasteiger charge is 2.45. The summed E-state index contributed by atoms with van der Waals surface area (Å²) in [7, 11) is 1.81. The number of H-pyrrole nitrogens is 1. The Kier molecular flexibility index (Phi) is 6.79. The first-order valence-corrected chi connectivity index (χ1v) is 13.7. The third kappa shape index (κ3) is 4.77. The van der Waals surface area contributed by atoms with Crippen molar-refractivity contribution < 1.29 is 9.59 Å². The van der Waals surface area contributed by atoms with Gasteiger partial charge in [0.15, 0.2) is 0 Å². The van der Waals surface area contributed by atoms with E-state index in [2.05, 4.69) is 39.9 Å². The van der Waals surface area contributed by atoms with Crippen LogP contribution >= 0.6 is 0 Å². The summed E-state index contributed by atoms with van der Waals surface area (Å²) in [4.78, 5) is 33.0. The van der Waals surface area contributed by atoms with Gasteiger partial charge in [0.1, 0.15) is 6.04 Å². The maximum atomic E-state index is 14.1. The van der Waals surface area contributed by atoms with Gasteiger partial charge in [-0.05, 0) is 60.3 Å². The molecule has 0 radical (unpaired) electrons. The van der Waals surface area contributed by atoms with Crippen LogP contribution in [0.4, 0.5) is 0 Å². The molecule has 1 saturated heterocycles. The summed E-state index contributed by atoms with van der Waals surface area (Å²) in [5, 5.41) is 7.72. The number of carbonyl (C=O) groups excluding carboxylic acids is 2. The smallest absolute Gasteiger partial charge is 0.248 e. The number of hydrogen-bond donors (Lipinski definition) is 3. The van der Waals surface area contributed by atoms with Crippen LogP contribution in [0.3, 0.4) is 0 Å². The topological polar surface area (TPSA) is 77.2 Å². The zero-order valence-electron chi connectivity index (χ0n) is 22.2. The van der Waals surface area contributed by atoms with Gasteiger partial charge in [-0.3, -0.25) is 9.59 Å². The first kappa shape index (κ1) is 25.1. The number of rotatable bonds is 7. The molecule has 198 valence electrons. The SMILES string of the molecule is CN(Cc1ccccc1)C(=O)[C@H](Cc1c[nH]c2ccccc12)NC(=O)C1=Cc2ccccc2C12CCNCC2. The zero-order valence-corrected chi connectivity index (χ0v) is 22.2. The minimum absolute atomic E-state index is 0.104. The number of amides is 2. The Morgan fingerprint density at radius 2 is 1.67 bits per heavy atom. The lowest BCUT2D eigenvalue weighted by Crippen LogP contribution is -2.51. The highest BCUT2D eigenvalue weighted by molar-refractivity contribution is 6.05. The molecule has 1 aliphatic carbocycles. The molecule has 6 rings (SSSR count). The van der Waals surface area contributed by atoms with Crippen LogP contribution in [-0.4, -0.2) is 47.9 Å². The number of piperidine rings is 1. The van der Waals surface area contributed by atoms with Gasteiger partial charge in [0.2, 0.25) is 11.8 Å². The van der Waals surface area contributed by atoms with Crippen molar-refractivity contribution in [3.8, 4) is 0 Å². The van der Waals surface area contributed by atoms with Crippen molar-refractivity contribution in [1.29, 1.82) is 0 Å². The number of hydrogen-bond acceptors (Lipinski definition) is 3. The maximum absolute atomic E-state index is 14.1. The lowest BCUT2D eigenvalue weighted by molar-refractivity contribution is -0.135. The number of para-hydroxylation sites is 1. The molecule has 1 aromatic heterocycles. The van der Waals surface area contributed by atoms with Gasteiger partial charge in [-0.1, -0.05) is 72.8 Å². The summed E-state index contributed by atoms with van der Waals surface area (Å²) in [6, 6.07) is 25.6. The molecule has 1 aliphatic heterocycles. The van der Waals surface area contributed by atoms with E-state index < -0.39 is 6.04 Å². The van der Waals surface area contributed by atoms with E-state index in [0.717, 1.165) is 59.1 Å². The van der Waals surface area contributed by atoms with Crippen LogP contribution in [-0.2, 0) is 28.0 Å². The van der Waals surface area contributed by atoms with E-state index >= 15 is 0 Å². The number of carbonyl (C=O) groups is 2. The van der Waals surface area contributed by atoms with Crippen molar-refractivity contribution in [3.63, 3.8) is 0 Å². The van der Waals surface area contributed by atoms with Crippen molar-refractivity contribution in [2.45, 2.75) is 37.3 Å². The Labute approximate surface area is 229 Å². The summed E-state index contributed by atoms with van der Waals surface area (Å²) in [6.07, 6.45) is 6.11. The second kappa shape index (κ2) is 10.5. The molecule has 1 fully saturated rings. The van der Waals surface area contributed by atoms with Gasteiger partial charge in [0.25, 0.3) is 0 Å². The first-order chi connectivity index (χ1) is 19.0. The van der Waals surface area contributed by atoms with Crippen molar-refractivity contribution in [2.75, 3.05) is 20.1 Å². The summed E-state index contributed by atoms with van der Waals surface area (Å²) in [5.41, 5.74) is 5.85. The molecule has 6 heteroatoms. The summed E-state index contributed by atoms with van der Waals surface area (Å²) in [6.45, 7) is 2.19. The number of likely N-dealkylation sites (N-methyl/N-ethyl adjacent to an activating group) is 1. The summed E-state index contributed by atoms with van der Waals surface area (Å²) < 4.78 is 0. The highest BCUT2D eigenvalue weighted by atomic mass is 16.2. The van der Waals surface area contributed by atoms with Crippen molar-refractivity contribution in [1.82, 2.24) is 20.5 Å². The first-order valence-electron chi connectivity index (χ1n) is 13.7. The van der Waals surface area contributed by atoms with Gasteiger partial charge < -0.3 is 20.5 Å². The number of benzene rings is 3. The second-order valence-electron chi connectivity index (χ2n) is 10.7. The van der Waals surface area contributed by atoms with Gasteiger partial charge in [-0.25, -0.2) is 0 Å². The maximum Gasteiger partial charge on any atom is 0.248 e. The molecular formula is C33H34N4O2. The fraction of sp³-hybridized carbons (Fsp3) is 0.273. The van der Waals surface area contributed by atoms with Crippen LogP contribution in [0.15, 0.2) is 90.6 Å². The molecule has 2 amide bonds. The molecule has 0 unspecified atom stereocenters. The molecule has 39 heavy (non-hydrogen) atoms. The van der Waals surface area contributed by atoms with Crippen molar-refractivity contribution >= 4 is 28.8 Å². The van der Waals surface area contributed by atoms with Gasteiger partial charge in [-0.2, -0.15) is 0 Å². The van der Waals surface area contributed by atoms with E-state index in [1.54, 1.807) is 4.90 Å². The number of fused-ring (bicyclic) bond motifs is 3. The zero-order chi connectivity index (χ0) is 26.8. The van der Waals surface area contributed by atoms with E-state index in [4.69, 9.17) is 0 Å². The Bertz CT molecular complexity index is 1530. The largest absolute Gasteiger partial charge is 0.361 e. The summed E-state index contributed by atoms with van der Waals surface area (Å²) in [5.74, 6) is -0.257. The fourth-order valence-corrected chi connectivity index (χ4v) is 6.33. The molecule has 0 saturated carbocycles.